The van der Waals surface area contributed by atoms with E-state index in [1.807, 2.05) is 0 Å². The van der Waals surface area contributed by atoms with Gasteiger partial charge in [0, 0.05) is 12.7 Å². The maximum absolute atomic E-state index is 11.0. The summed E-state index contributed by atoms with van der Waals surface area (Å²) in [4.78, 5) is 14.9. The minimum absolute atomic E-state index is 0.180. The van der Waals surface area contributed by atoms with Crippen molar-refractivity contribution in [1.29, 1.82) is 0 Å². The molecular weight excluding hydrogens is 140 g/mol. The number of nitrogens with zero attached hydrogens (tertiary/aromatic N) is 1. The molecule has 0 aliphatic rings. The molecule has 1 aromatic heterocycles. The number of hydrogen-bond donors (Lipinski definition) is 1. The molecule has 0 spiro atoms. The summed E-state index contributed by atoms with van der Waals surface area (Å²) in [6, 6.07) is 5.19. The third kappa shape index (κ3) is 2.04. The minimum atomic E-state index is -0.180. The number of carbonyl (C=O) groups excluding carboxylic acids is 1. The van der Waals surface area contributed by atoms with E-state index in [1.165, 1.54) is 0 Å². The Hall–Kier alpha value is -1.38. The molecule has 11 heavy (non-hydrogen) atoms. The highest BCUT2D eigenvalue weighted by molar-refractivity contribution is 5.92. The predicted octanol–water partition coefficient (Wildman–Crippen LogP) is 0.645. The molecule has 0 aliphatic heterocycles. The third-order valence-electron chi connectivity index (χ3n) is 1.18. The van der Waals surface area contributed by atoms with Gasteiger partial charge in [0.15, 0.2) is 0 Å². The van der Waals surface area contributed by atoms with Crippen LogP contribution in [0.4, 0.5) is 0 Å². The van der Waals surface area contributed by atoms with Crippen LogP contribution in [-0.4, -0.2) is 17.4 Å². The van der Waals surface area contributed by atoms with Crippen molar-refractivity contribution in [3.8, 4) is 0 Å². The Kier molecular flexibility index (Phi) is 2.60. The van der Waals surface area contributed by atoms with Crippen molar-refractivity contribution in [3.63, 3.8) is 0 Å². The normalized spacial score (nSPS) is 9.18. The summed E-state index contributed by atoms with van der Waals surface area (Å²) in [5.74, 6) is -0.180. The fourth-order valence-corrected chi connectivity index (χ4v) is 0.701. The van der Waals surface area contributed by atoms with Crippen molar-refractivity contribution in [3.05, 3.63) is 37.0 Å². The van der Waals surface area contributed by atoms with E-state index in [0.717, 1.165) is 0 Å². The van der Waals surface area contributed by atoms with Gasteiger partial charge in [-0.25, -0.2) is 0 Å². The van der Waals surface area contributed by atoms with Crippen LogP contribution in [0.15, 0.2) is 24.4 Å². The minimum Gasteiger partial charge on any atom is -0.351 e. The monoisotopic (exact) mass is 149 g/mol. The first-order valence-corrected chi connectivity index (χ1v) is 3.33. The molecule has 0 aliphatic carbocycles. The van der Waals surface area contributed by atoms with Gasteiger partial charge < -0.3 is 5.32 Å². The Labute approximate surface area is 65.5 Å². The highest BCUT2D eigenvalue weighted by atomic mass is 16.1. The molecule has 0 atom stereocenters. The number of hydrogen-bond acceptors (Lipinski definition) is 2. The maximum atomic E-state index is 11.0. The van der Waals surface area contributed by atoms with Crippen molar-refractivity contribution in [1.82, 2.24) is 10.3 Å². The number of carbonyl (C=O) groups is 1. The summed E-state index contributed by atoms with van der Waals surface area (Å²) < 4.78 is 0. The zero-order valence-corrected chi connectivity index (χ0v) is 6.08. The largest absolute Gasteiger partial charge is 0.351 e. The quantitative estimate of drug-likeness (QED) is 0.670. The van der Waals surface area contributed by atoms with Crippen molar-refractivity contribution in [2.45, 2.75) is 0 Å². The molecule has 0 aromatic carbocycles. The van der Waals surface area contributed by atoms with E-state index in [-0.39, 0.29) is 5.91 Å². The number of nitrogens with one attached hydrogen (secondary N) is 1. The molecule has 0 unspecified atom stereocenters. The Balaban J connectivity index is 2.69. The van der Waals surface area contributed by atoms with Crippen molar-refractivity contribution >= 4 is 5.91 Å². The summed E-state index contributed by atoms with van der Waals surface area (Å²) in [7, 11) is 0. The Morgan fingerprint density at radius 2 is 2.45 bits per heavy atom. The maximum Gasteiger partial charge on any atom is 0.269 e. The van der Waals surface area contributed by atoms with Gasteiger partial charge in [0.05, 0.1) is 0 Å². The van der Waals surface area contributed by atoms with E-state index < -0.39 is 0 Å². The molecule has 1 radical (unpaired) electrons. The zero-order chi connectivity index (χ0) is 8.10. The van der Waals surface area contributed by atoms with E-state index >= 15 is 0 Å². The standard InChI is InChI=1S/C8H9N2O/c1-2-9-8(11)7-5-3-4-6-10-7/h3-6H,1-2H2,(H,9,11). The SMILES string of the molecule is [CH2]CNC(=O)c1ccccn1. The van der Waals surface area contributed by atoms with Gasteiger partial charge in [-0.2, -0.15) is 0 Å². The molecule has 3 heteroatoms. The fourth-order valence-electron chi connectivity index (χ4n) is 0.701. The van der Waals surface area contributed by atoms with Crippen LogP contribution in [0, 0.1) is 6.92 Å². The van der Waals surface area contributed by atoms with Gasteiger partial charge in [-0.3, -0.25) is 9.78 Å². The lowest BCUT2D eigenvalue weighted by Gasteiger charge is -1.98. The van der Waals surface area contributed by atoms with Crippen molar-refractivity contribution in [2.24, 2.45) is 0 Å². The summed E-state index contributed by atoms with van der Waals surface area (Å²) in [5.41, 5.74) is 0.427. The number of pyridine rings is 1. The molecule has 0 bridgehead atoms. The molecule has 1 rings (SSSR count). The molecule has 0 saturated heterocycles. The molecule has 1 N–H and O–H groups in total. The van der Waals surface area contributed by atoms with Gasteiger partial charge >= 0.3 is 0 Å². The van der Waals surface area contributed by atoms with Gasteiger partial charge in [-0.05, 0) is 19.1 Å². The molecule has 0 fully saturated rings. The van der Waals surface area contributed by atoms with Crippen LogP contribution in [0.2, 0.25) is 0 Å². The van der Waals surface area contributed by atoms with Crippen molar-refractivity contribution < 1.29 is 4.79 Å². The lowest BCUT2D eigenvalue weighted by molar-refractivity contribution is 0.0953. The van der Waals surface area contributed by atoms with Gasteiger partial charge in [0.1, 0.15) is 5.69 Å². The second-order valence-corrected chi connectivity index (χ2v) is 1.97. The lowest BCUT2D eigenvalue weighted by atomic mass is 10.3. The van der Waals surface area contributed by atoms with Crippen molar-refractivity contribution in [2.75, 3.05) is 6.54 Å². The molecule has 1 aromatic rings. The summed E-state index contributed by atoms with van der Waals surface area (Å²) in [5, 5.41) is 2.55. The molecule has 1 heterocycles. The third-order valence-corrected chi connectivity index (χ3v) is 1.18. The van der Waals surface area contributed by atoms with Crippen LogP contribution in [0.3, 0.4) is 0 Å². The number of rotatable bonds is 2. The Morgan fingerprint density at radius 3 is 3.00 bits per heavy atom. The van der Waals surface area contributed by atoms with Crippen LogP contribution in [-0.2, 0) is 0 Å². The summed E-state index contributed by atoms with van der Waals surface area (Å²) >= 11 is 0. The first-order chi connectivity index (χ1) is 5.34. The Bertz CT molecular complexity index is 233. The van der Waals surface area contributed by atoms with Gasteiger partial charge in [-0.15, -0.1) is 0 Å². The summed E-state index contributed by atoms with van der Waals surface area (Å²) in [6.07, 6.45) is 1.58. The van der Waals surface area contributed by atoms with E-state index in [4.69, 9.17) is 0 Å². The van der Waals surface area contributed by atoms with E-state index in [9.17, 15) is 4.79 Å². The first kappa shape index (κ1) is 7.72. The summed E-state index contributed by atoms with van der Waals surface area (Å²) in [6.45, 7) is 3.88. The second-order valence-electron chi connectivity index (χ2n) is 1.97. The van der Waals surface area contributed by atoms with Gasteiger partial charge in [-0.1, -0.05) is 6.07 Å². The first-order valence-electron chi connectivity index (χ1n) is 3.33. The van der Waals surface area contributed by atoms with E-state index in [1.54, 1.807) is 24.4 Å². The Morgan fingerprint density at radius 1 is 1.64 bits per heavy atom. The highest BCUT2D eigenvalue weighted by Crippen LogP contribution is 1.91. The van der Waals surface area contributed by atoms with Crippen LogP contribution in [0.25, 0.3) is 0 Å². The smallest absolute Gasteiger partial charge is 0.269 e. The number of aromatic nitrogens is 1. The van der Waals surface area contributed by atoms with Gasteiger partial charge in [0.25, 0.3) is 5.91 Å². The molecule has 0 saturated carbocycles. The highest BCUT2D eigenvalue weighted by Gasteiger charge is 2.01. The average molecular weight is 149 g/mol. The average Bonchev–Trinajstić information content (AvgIpc) is 2.07. The van der Waals surface area contributed by atoms with E-state index in [0.29, 0.717) is 12.2 Å². The molecular formula is C8H9N2O. The van der Waals surface area contributed by atoms with Crippen LogP contribution >= 0.6 is 0 Å². The molecule has 3 nitrogen and oxygen atoms in total. The number of amides is 1. The topological polar surface area (TPSA) is 42.0 Å². The predicted molar refractivity (Wildman–Crippen MR) is 41.9 cm³/mol. The van der Waals surface area contributed by atoms with Gasteiger partial charge in [0.2, 0.25) is 0 Å². The molecule has 1 amide bonds. The van der Waals surface area contributed by atoms with E-state index in [2.05, 4.69) is 17.2 Å². The van der Waals surface area contributed by atoms with Crippen LogP contribution in [0.1, 0.15) is 10.5 Å². The zero-order valence-electron chi connectivity index (χ0n) is 6.08. The second kappa shape index (κ2) is 3.71. The fraction of sp³-hybridized carbons (Fsp3) is 0.125. The lowest BCUT2D eigenvalue weighted by Crippen LogP contribution is -2.23. The van der Waals surface area contributed by atoms with Crippen LogP contribution < -0.4 is 5.32 Å². The van der Waals surface area contributed by atoms with Crippen LogP contribution in [0.5, 0.6) is 0 Å². The molecule has 57 valence electrons.